The van der Waals surface area contributed by atoms with E-state index >= 15 is 0 Å². The molecular weight excluding hydrogens is 230 g/mol. The number of amides is 2. The van der Waals surface area contributed by atoms with E-state index in [1.807, 2.05) is 0 Å². The van der Waals surface area contributed by atoms with Crippen LogP contribution in [0, 0.1) is 0 Å². The molecule has 1 aromatic rings. The lowest BCUT2D eigenvalue weighted by molar-refractivity contribution is -0.130. The molecule has 0 saturated carbocycles. The van der Waals surface area contributed by atoms with Crippen molar-refractivity contribution in [3.63, 3.8) is 0 Å². The highest BCUT2D eigenvalue weighted by Crippen LogP contribution is 2.07. The second kappa shape index (κ2) is 6.76. The summed E-state index contributed by atoms with van der Waals surface area (Å²) in [6, 6.07) is 6.92. The quantitative estimate of drug-likeness (QED) is 0.768. The van der Waals surface area contributed by atoms with Gasteiger partial charge in [-0.15, -0.1) is 0 Å². The Labute approximate surface area is 107 Å². The van der Waals surface area contributed by atoms with E-state index in [-0.39, 0.29) is 5.91 Å². The molecule has 0 aliphatic heterocycles. The van der Waals surface area contributed by atoms with Crippen LogP contribution in [0.5, 0.6) is 0 Å². The maximum absolute atomic E-state index is 11.7. The highest BCUT2D eigenvalue weighted by atomic mass is 16.2. The van der Waals surface area contributed by atoms with Crippen LogP contribution in [0.4, 0.5) is 0 Å². The lowest BCUT2D eigenvalue weighted by atomic mass is 10.1. The largest absolute Gasteiger partial charge is 0.366 e. The smallest absolute Gasteiger partial charge is 0.248 e. The van der Waals surface area contributed by atoms with Gasteiger partial charge >= 0.3 is 0 Å². The van der Waals surface area contributed by atoms with E-state index in [4.69, 9.17) is 11.5 Å². The number of carbonyl (C=O) groups excluding carboxylic acids is 2. The van der Waals surface area contributed by atoms with Gasteiger partial charge in [0, 0.05) is 25.6 Å². The van der Waals surface area contributed by atoms with Crippen molar-refractivity contribution in [3.8, 4) is 0 Å². The first-order valence-electron chi connectivity index (χ1n) is 5.87. The van der Waals surface area contributed by atoms with Gasteiger partial charge in [0.25, 0.3) is 0 Å². The minimum atomic E-state index is -0.450. The molecule has 0 radical (unpaired) electrons. The van der Waals surface area contributed by atoms with E-state index in [0.29, 0.717) is 31.5 Å². The zero-order chi connectivity index (χ0) is 13.5. The van der Waals surface area contributed by atoms with E-state index < -0.39 is 5.91 Å². The van der Waals surface area contributed by atoms with Crippen LogP contribution < -0.4 is 11.5 Å². The van der Waals surface area contributed by atoms with E-state index in [9.17, 15) is 9.59 Å². The fraction of sp³-hybridized carbons (Fsp3) is 0.385. The third-order valence-corrected chi connectivity index (χ3v) is 2.68. The molecule has 1 rings (SSSR count). The van der Waals surface area contributed by atoms with Gasteiger partial charge in [0.15, 0.2) is 0 Å². The van der Waals surface area contributed by atoms with Gasteiger partial charge in [-0.05, 0) is 30.7 Å². The van der Waals surface area contributed by atoms with Crippen molar-refractivity contribution in [2.24, 2.45) is 11.5 Å². The number of rotatable bonds is 6. The van der Waals surface area contributed by atoms with Crippen LogP contribution in [0.3, 0.4) is 0 Å². The van der Waals surface area contributed by atoms with Crippen molar-refractivity contribution in [1.29, 1.82) is 0 Å². The number of carbonyl (C=O) groups is 2. The Balaban J connectivity index is 2.56. The summed E-state index contributed by atoms with van der Waals surface area (Å²) in [6.07, 6.45) is 1.16. The summed E-state index contributed by atoms with van der Waals surface area (Å²) in [5, 5.41) is 0. The lowest BCUT2D eigenvalue weighted by Crippen LogP contribution is -2.26. The van der Waals surface area contributed by atoms with Crippen LogP contribution in [-0.4, -0.2) is 30.3 Å². The van der Waals surface area contributed by atoms with Crippen LogP contribution in [0.15, 0.2) is 24.3 Å². The van der Waals surface area contributed by atoms with Crippen molar-refractivity contribution in [1.82, 2.24) is 4.90 Å². The van der Waals surface area contributed by atoms with Crippen LogP contribution in [0.2, 0.25) is 0 Å². The molecule has 0 aromatic heterocycles. The molecule has 1 aromatic carbocycles. The van der Waals surface area contributed by atoms with E-state index in [0.717, 1.165) is 5.56 Å². The van der Waals surface area contributed by atoms with Crippen molar-refractivity contribution in [2.75, 3.05) is 13.6 Å². The third-order valence-electron chi connectivity index (χ3n) is 2.68. The standard InChI is InChI=1S/C13H19N3O2/c1-16(12(17)3-2-8-14)9-10-4-6-11(7-5-10)13(15)18/h4-7H,2-3,8-9,14H2,1H3,(H2,15,18). The van der Waals surface area contributed by atoms with Gasteiger partial charge in [0.1, 0.15) is 0 Å². The SMILES string of the molecule is CN(Cc1ccc(C(N)=O)cc1)C(=O)CCCN. The summed E-state index contributed by atoms with van der Waals surface area (Å²) in [7, 11) is 1.75. The highest BCUT2D eigenvalue weighted by Gasteiger charge is 2.08. The van der Waals surface area contributed by atoms with Gasteiger partial charge in [-0.1, -0.05) is 12.1 Å². The molecule has 2 amide bonds. The van der Waals surface area contributed by atoms with Crippen molar-refractivity contribution in [2.45, 2.75) is 19.4 Å². The highest BCUT2D eigenvalue weighted by molar-refractivity contribution is 5.92. The van der Waals surface area contributed by atoms with E-state index in [1.165, 1.54) is 0 Å². The monoisotopic (exact) mass is 249 g/mol. The molecule has 0 fully saturated rings. The Morgan fingerprint density at radius 2 is 1.83 bits per heavy atom. The molecule has 0 unspecified atom stereocenters. The number of hydrogen-bond donors (Lipinski definition) is 2. The normalized spacial score (nSPS) is 10.1. The van der Waals surface area contributed by atoms with Gasteiger partial charge in [-0.2, -0.15) is 0 Å². The number of nitrogens with two attached hydrogens (primary N) is 2. The van der Waals surface area contributed by atoms with Gasteiger partial charge in [-0.3, -0.25) is 9.59 Å². The van der Waals surface area contributed by atoms with Crippen molar-refractivity contribution < 1.29 is 9.59 Å². The Morgan fingerprint density at radius 1 is 1.22 bits per heavy atom. The lowest BCUT2D eigenvalue weighted by Gasteiger charge is -2.17. The molecule has 5 nitrogen and oxygen atoms in total. The minimum Gasteiger partial charge on any atom is -0.366 e. The Hall–Kier alpha value is -1.88. The van der Waals surface area contributed by atoms with Crippen LogP contribution in [0.1, 0.15) is 28.8 Å². The molecule has 0 saturated heterocycles. The summed E-state index contributed by atoms with van der Waals surface area (Å²) >= 11 is 0. The molecule has 0 aliphatic rings. The zero-order valence-corrected chi connectivity index (χ0v) is 10.6. The zero-order valence-electron chi connectivity index (χ0n) is 10.6. The molecule has 0 heterocycles. The summed E-state index contributed by atoms with van der Waals surface area (Å²) in [4.78, 5) is 24.2. The summed E-state index contributed by atoms with van der Waals surface area (Å²) < 4.78 is 0. The Bertz CT molecular complexity index is 415. The topological polar surface area (TPSA) is 89.4 Å². The Kier molecular flexibility index (Phi) is 5.32. The van der Waals surface area contributed by atoms with Gasteiger partial charge in [0.2, 0.25) is 11.8 Å². The third kappa shape index (κ3) is 4.18. The first-order valence-corrected chi connectivity index (χ1v) is 5.87. The summed E-state index contributed by atoms with van der Waals surface area (Å²) in [5.41, 5.74) is 11.9. The number of hydrogen-bond acceptors (Lipinski definition) is 3. The molecule has 98 valence electrons. The average molecular weight is 249 g/mol. The summed E-state index contributed by atoms with van der Waals surface area (Å²) in [5.74, 6) is -0.381. The fourth-order valence-corrected chi connectivity index (χ4v) is 1.58. The number of primary amides is 1. The van der Waals surface area contributed by atoms with Crippen molar-refractivity contribution in [3.05, 3.63) is 35.4 Å². The molecule has 0 aliphatic carbocycles. The first kappa shape index (κ1) is 14.2. The fourth-order valence-electron chi connectivity index (χ4n) is 1.58. The van der Waals surface area contributed by atoms with Crippen LogP contribution in [-0.2, 0) is 11.3 Å². The van der Waals surface area contributed by atoms with Gasteiger partial charge in [0.05, 0.1) is 0 Å². The molecule has 0 spiro atoms. The Morgan fingerprint density at radius 3 is 2.33 bits per heavy atom. The molecule has 18 heavy (non-hydrogen) atoms. The van der Waals surface area contributed by atoms with Crippen molar-refractivity contribution >= 4 is 11.8 Å². The predicted octanol–water partition coefficient (Wildman–Crippen LogP) is 0.483. The maximum atomic E-state index is 11.7. The first-order chi connectivity index (χ1) is 8.54. The molecule has 4 N–H and O–H groups in total. The molecular formula is C13H19N3O2. The van der Waals surface area contributed by atoms with Gasteiger partial charge in [-0.25, -0.2) is 0 Å². The second-order valence-electron chi connectivity index (χ2n) is 4.20. The predicted molar refractivity (Wildman–Crippen MR) is 69.7 cm³/mol. The summed E-state index contributed by atoms with van der Waals surface area (Å²) in [6.45, 7) is 1.04. The molecule has 0 bridgehead atoms. The van der Waals surface area contributed by atoms with Crippen LogP contribution in [0.25, 0.3) is 0 Å². The van der Waals surface area contributed by atoms with Gasteiger partial charge < -0.3 is 16.4 Å². The maximum Gasteiger partial charge on any atom is 0.248 e. The van der Waals surface area contributed by atoms with E-state index in [1.54, 1.807) is 36.2 Å². The second-order valence-corrected chi connectivity index (χ2v) is 4.20. The minimum absolute atomic E-state index is 0.0689. The number of benzene rings is 1. The number of nitrogens with zero attached hydrogens (tertiary/aromatic N) is 1. The molecule has 0 atom stereocenters. The van der Waals surface area contributed by atoms with Crippen LogP contribution >= 0.6 is 0 Å². The average Bonchev–Trinajstić information content (AvgIpc) is 2.36. The van der Waals surface area contributed by atoms with E-state index in [2.05, 4.69) is 0 Å². The molecule has 5 heteroatoms.